The topological polar surface area (TPSA) is 30.2 Å². The van der Waals surface area contributed by atoms with Crippen molar-refractivity contribution >= 4 is 27.2 Å². The van der Waals surface area contributed by atoms with Crippen LogP contribution in [0.5, 0.6) is 0 Å². The molecule has 0 amide bonds. The maximum absolute atomic E-state index is 13.3. The lowest BCUT2D eigenvalue weighted by Gasteiger charge is -1.97. The molecule has 0 unspecified atom stereocenters. The molecule has 4 rings (SSSR count). The summed E-state index contributed by atoms with van der Waals surface area (Å²) >= 11 is 1.58. The zero-order chi connectivity index (χ0) is 12.8. The second kappa shape index (κ2) is 3.86. The van der Waals surface area contributed by atoms with Crippen molar-refractivity contribution in [1.29, 1.82) is 0 Å². The first-order valence-corrected chi connectivity index (χ1v) is 6.61. The molecule has 0 aliphatic heterocycles. The molecular formula is C14H8FN3S. The van der Waals surface area contributed by atoms with E-state index in [1.165, 1.54) is 12.3 Å². The van der Waals surface area contributed by atoms with Crippen molar-refractivity contribution in [2.45, 2.75) is 0 Å². The van der Waals surface area contributed by atoms with Crippen molar-refractivity contribution in [3.63, 3.8) is 0 Å². The van der Waals surface area contributed by atoms with Crippen LogP contribution in [0.25, 0.3) is 26.6 Å². The van der Waals surface area contributed by atoms with Gasteiger partial charge in [0.2, 0.25) is 0 Å². The van der Waals surface area contributed by atoms with E-state index in [-0.39, 0.29) is 5.82 Å². The Morgan fingerprint density at radius 2 is 2.00 bits per heavy atom. The molecular weight excluding hydrogens is 261 g/mol. The molecule has 4 aromatic rings. The highest BCUT2D eigenvalue weighted by molar-refractivity contribution is 7.21. The van der Waals surface area contributed by atoms with Crippen LogP contribution in [0.1, 0.15) is 0 Å². The maximum atomic E-state index is 13.3. The third-order valence-electron chi connectivity index (χ3n) is 2.98. The average molecular weight is 269 g/mol. The van der Waals surface area contributed by atoms with Crippen LogP contribution in [0.15, 0.2) is 48.8 Å². The molecule has 1 aromatic carbocycles. The fourth-order valence-corrected chi connectivity index (χ4v) is 3.07. The van der Waals surface area contributed by atoms with E-state index in [2.05, 4.69) is 9.97 Å². The largest absolute Gasteiger partial charge is 0.295 e. The first-order chi connectivity index (χ1) is 9.31. The quantitative estimate of drug-likeness (QED) is 0.527. The molecule has 0 aliphatic rings. The minimum atomic E-state index is -0.284. The third kappa shape index (κ3) is 1.62. The summed E-state index contributed by atoms with van der Waals surface area (Å²) in [5.41, 5.74) is 2.49. The predicted octanol–water partition coefficient (Wildman–Crippen LogP) is 3.75. The lowest BCUT2D eigenvalue weighted by atomic mass is 10.3. The average Bonchev–Trinajstić information content (AvgIpc) is 3.00. The maximum Gasteiger partial charge on any atom is 0.143 e. The Hall–Kier alpha value is -2.27. The molecule has 0 bridgehead atoms. The standard InChI is InChI=1S/C14H8FN3S/c15-9-5-6-13-16-7-11(18(13)8-9)14-17-10-3-1-2-4-12(10)19-14/h1-8H. The molecule has 0 spiro atoms. The molecule has 5 heteroatoms. The second-order valence-electron chi connectivity index (χ2n) is 4.21. The van der Waals surface area contributed by atoms with E-state index in [4.69, 9.17) is 0 Å². The number of imidazole rings is 1. The fourth-order valence-electron chi connectivity index (χ4n) is 2.09. The van der Waals surface area contributed by atoms with Crippen molar-refractivity contribution in [1.82, 2.24) is 14.4 Å². The van der Waals surface area contributed by atoms with Crippen LogP contribution in [0.3, 0.4) is 0 Å². The zero-order valence-corrected chi connectivity index (χ0v) is 10.6. The zero-order valence-electron chi connectivity index (χ0n) is 9.75. The lowest BCUT2D eigenvalue weighted by molar-refractivity contribution is 0.619. The molecule has 3 nitrogen and oxygen atoms in total. The van der Waals surface area contributed by atoms with E-state index < -0.39 is 0 Å². The summed E-state index contributed by atoms with van der Waals surface area (Å²) in [5.74, 6) is -0.284. The van der Waals surface area contributed by atoms with E-state index >= 15 is 0 Å². The van der Waals surface area contributed by atoms with Gasteiger partial charge < -0.3 is 0 Å². The van der Waals surface area contributed by atoms with Gasteiger partial charge in [-0.25, -0.2) is 14.4 Å². The van der Waals surface area contributed by atoms with Crippen LogP contribution in [0.2, 0.25) is 0 Å². The van der Waals surface area contributed by atoms with Crippen LogP contribution >= 0.6 is 11.3 Å². The van der Waals surface area contributed by atoms with Gasteiger partial charge in [0.25, 0.3) is 0 Å². The number of thiazole rings is 1. The number of rotatable bonds is 1. The number of fused-ring (bicyclic) bond motifs is 2. The van der Waals surface area contributed by atoms with Crippen molar-refractivity contribution in [2.24, 2.45) is 0 Å². The summed E-state index contributed by atoms with van der Waals surface area (Å²) in [4.78, 5) is 8.84. The number of pyridine rings is 1. The van der Waals surface area contributed by atoms with E-state index in [0.29, 0.717) is 0 Å². The smallest absolute Gasteiger partial charge is 0.143 e. The number of hydrogen-bond donors (Lipinski definition) is 0. The Labute approximate surface area is 112 Å². The fraction of sp³-hybridized carbons (Fsp3) is 0. The van der Waals surface area contributed by atoms with Gasteiger partial charge in [0, 0.05) is 6.20 Å². The van der Waals surface area contributed by atoms with Gasteiger partial charge in [0.15, 0.2) is 0 Å². The lowest BCUT2D eigenvalue weighted by Crippen LogP contribution is -1.89. The minimum absolute atomic E-state index is 0.284. The van der Waals surface area contributed by atoms with E-state index in [1.807, 2.05) is 24.3 Å². The van der Waals surface area contributed by atoms with Gasteiger partial charge in [0.05, 0.1) is 16.4 Å². The normalized spacial score (nSPS) is 11.4. The Bertz CT molecular complexity index is 861. The van der Waals surface area contributed by atoms with Crippen LogP contribution in [0.4, 0.5) is 4.39 Å². The van der Waals surface area contributed by atoms with E-state index in [1.54, 1.807) is 28.0 Å². The second-order valence-corrected chi connectivity index (χ2v) is 5.24. The van der Waals surface area contributed by atoms with Crippen LogP contribution in [-0.2, 0) is 0 Å². The van der Waals surface area contributed by atoms with Gasteiger partial charge >= 0.3 is 0 Å². The summed E-state index contributed by atoms with van der Waals surface area (Å²) in [5, 5.41) is 0.847. The van der Waals surface area contributed by atoms with Gasteiger partial charge in [-0.3, -0.25) is 4.40 Å². The molecule has 3 heterocycles. The van der Waals surface area contributed by atoms with Crippen LogP contribution in [0, 0.1) is 5.82 Å². The summed E-state index contributed by atoms with van der Waals surface area (Å²) in [6.07, 6.45) is 3.16. The van der Waals surface area contributed by atoms with Crippen molar-refractivity contribution in [3.8, 4) is 10.7 Å². The SMILES string of the molecule is Fc1ccc2ncc(-c3nc4ccccc4s3)n2c1. The molecule has 0 N–H and O–H groups in total. The number of aromatic nitrogens is 3. The van der Waals surface area contributed by atoms with Gasteiger partial charge in [0.1, 0.15) is 22.2 Å². The molecule has 0 radical (unpaired) electrons. The van der Waals surface area contributed by atoms with E-state index in [0.717, 1.165) is 26.6 Å². The molecule has 0 saturated carbocycles. The van der Waals surface area contributed by atoms with Gasteiger partial charge in [-0.05, 0) is 24.3 Å². The van der Waals surface area contributed by atoms with Crippen molar-refractivity contribution < 1.29 is 4.39 Å². The summed E-state index contributed by atoms with van der Waals surface area (Å²) in [6.45, 7) is 0. The minimum Gasteiger partial charge on any atom is -0.295 e. The summed E-state index contributed by atoms with van der Waals surface area (Å²) < 4.78 is 16.2. The molecule has 0 saturated heterocycles. The van der Waals surface area contributed by atoms with Gasteiger partial charge in [-0.15, -0.1) is 11.3 Å². The van der Waals surface area contributed by atoms with Gasteiger partial charge in [-0.2, -0.15) is 0 Å². The number of halogens is 1. The Morgan fingerprint density at radius 3 is 2.89 bits per heavy atom. The van der Waals surface area contributed by atoms with Crippen LogP contribution < -0.4 is 0 Å². The monoisotopic (exact) mass is 269 g/mol. The third-order valence-corrected chi connectivity index (χ3v) is 4.04. The Balaban J connectivity index is 2.00. The summed E-state index contributed by atoms with van der Waals surface area (Å²) in [7, 11) is 0. The van der Waals surface area contributed by atoms with Gasteiger partial charge in [-0.1, -0.05) is 12.1 Å². The number of hydrogen-bond acceptors (Lipinski definition) is 3. The van der Waals surface area contributed by atoms with E-state index in [9.17, 15) is 4.39 Å². The number of benzene rings is 1. The molecule has 0 aliphatic carbocycles. The highest BCUT2D eigenvalue weighted by Crippen LogP contribution is 2.30. The Kier molecular flexibility index (Phi) is 2.16. The Morgan fingerprint density at radius 1 is 1.11 bits per heavy atom. The molecule has 0 fully saturated rings. The van der Waals surface area contributed by atoms with Crippen LogP contribution in [-0.4, -0.2) is 14.4 Å². The number of nitrogens with zero attached hydrogens (tertiary/aromatic N) is 3. The van der Waals surface area contributed by atoms with Crippen molar-refractivity contribution in [3.05, 3.63) is 54.6 Å². The number of para-hydroxylation sites is 1. The molecule has 92 valence electrons. The predicted molar refractivity (Wildman–Crippen MR) is 73.8 cm³/mol. The molecule has 3 aromatic heterocycles. The van der Waals surface area contributed by atoms with Crippen molar-refractivity contribution in [2.75, 3.05) is 0 Å². The molecule has 0 atom stereocenters. The highest BCUT2D eigenvalue weighted by atomic mass is 32.1. The summed E-state index contributed by atoms with van der Waals surface area (Å²) in [6, 6.07) is 11.0. The first kappa shape index (κ1) is 10.6. The highest BCUT2D eigenvalue weighted by Gasteiger charge is 2.11. The first-order valence-electron chi connectivity index (χ1n) is 5.80. The molecule has 19 heavy (non-hydrogen) atoms.